The first-order chi connectivity index (χ1) is 9.47. The maximum absolute atomic E-state index is 10.7. The molecule has 0 aliphatic carbocycles. The van der Waals surface area contributed by atoms with Crippen molar-refractivity contribution in [3.05, 3.63) is 63.2 Å². The van der Waals surface area contributed by atoms with Gasteiger partial charge in [0.25, 0.3) is 5.69 Å². The molecule has 0 heterocycles. The maximum atomic E-state index is 10.7. The van der Waals surface area contributed by atoms with E-state index in [9.17, 15) is 15.2 Å². The van der Waals surface area contributed by atoms with Crippen molar-refractivity contribution in [1.82, 2.24) is 0 Å². The first kappa shape index (κ1) is 13.9. The van der Waals surface area contributed by atoms with Crippen LogP contribution in [0, 0.1) is 24.0 Å². The molecule has 0 aliphatic rings. The number of aromatic hydroxyl groups is 1. The van der Waals surface area contributed by atoms with Crippen molar-refractivity contribution in [2.75, 3.05) is 5.32 Å². The fraction of sp³-hybridized carbons (Fsp3) is 0.200. The zero-order valence-corrected chi connectivity index (χ0v) is 11.4. The molecule has 0 bridgehead atoms. The standard InChI is InChI=1S/C15H16N2O3/c1-10-3-6-15(18)12(7-10)9-16-14-5-4-13(17(19)20)8-11(14)2/h3-8,16,18H,9H2,1-2H3. The van der Waals surface area contributed by atoms with Crippen molar-refractivity contribution in [2.45, 2.75) is 20.4 Å². The van der Waals surface area contributed by atoms with Crippen LogP contribution in [-0.4, -0.2) is 10.0 Å². The van der Waals surface area contributed by atoms with E-state index >= 15 is 0 Å². The molecular formula is C15H16N2O3. The predicted octanol–water partition coefficient (Wildman–Crippen LogP) is 3.53. The minimum atomic E-state index is -0.414. The number of nitro groups is 1. The second-order valence-corrected chi connectivity index (χ2v) is 4.74. The lowest BCUT2D eigenvalue weighted by Gasteiger charge is -2.11. The number of phenols is 1. The minimum absolute atomic E-state index is 0.0754. The van der Waals surface area contributed by atoms with Crippen molar-refractivity contribution in [3.8, 4) is 5.75 Å². The van der Waals surface area contributed by atoms with Gasteiger partial charge in [0.15, 0.2) is 0 Å². The molecule has 2 N–H and O–H groups in total. The molecule has 0 fully saturated rings. The van der Waals surface area contributed by atoms with Crippen LogP contribution in [0.15, 0.2) is 36.4 Å². The fourth-order valence-electron chi connectivity index (χ4n) is 2.01. The Morgan fingerprint density at radius 2 is 1.95 bits per heavy atom. The predicted molar refractivity (Wildman–Crippen MR) is 78.0 cm³/mol. The Hall–Kier alpha value is -2.56. The lowest BCUT2D eigenvalue weighted by atomic mass is 10.1. The van der Waals surface area contributed by atoms with Gasteiger partial charge in [-0.3, -0.25) is 10.1 Å². The van der Waals surface area contributed by atoms with E-state index in [0.29, 0.717) is 6.54 Å². The fourth-order valence-corrected chi connectivity index (χ4v) is 2.01. The summed E-state index contributed by atoms with van der Waals surface area (Å²) in [5, 5.41) is 23.6. The zero-order valence-electron chi connectivity index (χ0n) is 11.4. The summed E-state index contributed by atoms with van der Waals surface area (Å²) in [5.41, 5.74) is 3.55. The highest BCUT2D eigenvalue weighted by molar-refractivity contribution is 5.56. The first-order valence-electron chi connectivity index (χ1n) is 6.25. The highest BCUT2D eigenvalue weighted by atomic mass is 16.6. The van der Waals surface area contributed by atoms with E-state index in [0.717, 1.165) is 22.4 Å². The monoisotopic (exact) mass is 272 g/mol. The lowest BCUT2D eigenvalue weighted by molar-refractivity contribution is -0.384. The third-order valence-electron chi connectivity index (χ3n) is 3.13. The van der Waals surface area contributed by atoms with E-state index < -0.39 is 4.92 Å². The summed E-state index contributed by atoms with van der Waals surface area (Å²) in [6, 6.07) is 10.1. The van der Waals surface area contributed by atoms with Crippen molar-refractivity contribution in [2.24, 2.45) is 0 Å². The number of rotatable bonds is 4. The zero-order chi connectivity index (χ0) is 14.7. The van der Waals surface area contributed by atoms with Gasteiger partial charge in [0.05, 0.1) is 4.92 Å². The van der Waals surface area contributed by atoms with Crippen molar-refractivity contribution in [3.63, 3.8) is 0 Å². The summed E-state index contributed by atoms with van der Waals surface area (Å²) in [6.07, 6.45) is 0. The van der Waals surface area contributed by atoms with Crippen LogP contribution in [0.25, 0.3) is 0 Å². The van der Waals surface area contributed by atoms with Crippen LogP contribution in [0.3, 0.4) is 0 Å². The number of hydrogen-bond acceptors (Lipinski definition) is 4. The van der Waals surface area contributed by atoms with E-state index in [1.807, 2.05) is 26.0 Å². The molecule has 0 amide bonds. The Bertz CT molecular complexity index is 654. The molecule has 2 aromatic rings. The number of non-ortho nitro benzene ring substituents is 1. The molecule has 0 atom stereocenters. The third-order valence-corrected chi connectivity index (χ3v) is 3.13. The van der Waals surface area contributed by atoms with E-state index in [4.69, 9.17) is 0 Å². The molecule has 0 aliphatic heterocycles. The van der Waals surface area contributed by atoms with Gasteiger partial charge in [0, 0.05) is 29.9 Å². The van der Waals surface area contributed by atoms with Gasteiger partial charge in [-0.05, 0) is 31.5 Å². The van der Waals surface area contributed by atoms with E-state index in [-0.39, 0.29) is 11.4 Å². The second kappa shape index (κ2) is 5.61. The largest absolute Gasteiger partial charge is 0.508 e. The Kier molecular flexibility index (Phi) is 3.89. The molecule has 5 heteroatoms. The highest BCUT2D eigenvalue weighted by Crippen LogP contribution is 2.24. The molecule has 104 valence electrons. The summed E-state index contributed by atoms with van der Waals surface area (Å²) in [7, 11) is 0. The first-order valence-corrected chi connectivity index (χ1v) is 6.25. The molecule has 2 aromatic carbocycles. The van der Waals surface area contributed by atoms with Gasteiger partial charge in [0.2, 0.25) is 0 Å². The molecule has 5 nitrogen and oxygen atoms in total. The topological polar surface area (TPSA) is 75.4 Å². The molecule has 2 rings (SSSR count). The van der Waals surface area contributed by atoms with Gasteiger partial charge in [-0.2, -0.15) is 0 Å². The summed E-state index contributed by atoms with van der Waals surface area (Å²) < 4.78 is 0. The number of hydrogen-bond donors (Lipinski definition) is 2. The Balaban J connectivity index is 2.15. The quantitative estimate of drug-likeness (QED) is 0.659. The number of phenolic OH excluding ortho intramolecular Hbond substituents is 1. The van der Waals surface area contributed by atoms with Crippen LogP contribution >= 0.6 is 0 Å². The van der Waals surface area contributed by atoms with Crippen LogP contribution in [-0.2, 0) is 6.54 Å². The number of aryl methyl sites for hydroxylation is 2. The number of benzene rings is 2. The van der Waals surface area contributed by atoms with Gasteiger partial charge in [-0.15, -0.1) is 0 Å². The van der Waals surface area contributed by atoms with Crippen LogP contribution in [0.2, 0.25) is 0 Å². The summed E-state index contributed by atoms with van der Waals surface area (Å²) in [4.78, 5) is 10.3. The number of anilines is 1. The summed E-state index contributed by atoms with van der Waals surface area (Å²) in [6.45, 7) is 4.23. The minimum Gasteiger partial charge on any atom is -0.508 e. The highest BCUT2D eigenvalue weighted by Gasteiger charge is 2.08. The Morgan fingerprint density at radius 1 is 1.20 bits per heavy atom. The van der Waals surface area contributed by atoms with E-state index in [1.54, 1.807) is 12.1 Å². The van der Waals surface area contributed by atoms with Crippen LogP contribution in [0.5, 0.6) is 5.75 Å². The van der Waals surface area contributed by atoms with Gasteiger partial charge in [0.1, 0.15) is 5.75 Å². The van der Waals surface area contributed by atoms with Crippen molar-refractivity contribution in [1.29, 1.82) is 0 Å². The van der Waals surface area contributed by atoms with Crippen LogP contribution in [0.1, 0.15) is 16.7 Å². The molecule has 0 radical (unpaired) electrons. The van der Waals surface area contributed by atoms with Crippen LogP contribution in [0.4, 0.5) is 11.4 Å². The third kappa shape index (κ3) is 3.06. The van der Waals surface area contributed by atoms with Gasteiger partial charge in [-0.1, -0.05) is 17.7 Å². The molecule has 0 saturated heterocycles. The van der Waals surface area contributed by atoms with Crippen molar-refractivity contribution >= 4 is 11.4 Å². The van der Waals surface area contributed by atoms with Gasteiger partial charge >= 0.3 is 0 Å². The Morgan fingerprint density at radius 3 is 2.60 bits per heavy atom. The molecule has 0 saturated carbocycles. The molecule has 0 spiro atoms. The Labute approximate surface area is 117 Å². The average Bonchev–Trinajstić information content (AvgIpc) is 2.40. The number of nitro benzene ring substituents is 1. The maximum Gasteiger partial charge on any atom is 0.269 e. The molecule has 0 unspecified atom stereocenters. The number of nitrogens with zero attached hydrogens (tertiary/aromatic N) is 1. The summed E-state index contributed by atoms with van der Waals surface area (Å²) >= 11 is 0. The van der Waals surface area contributed by atoms with E-state index in [1.165, 1.54) is 12.1 Å². The smallest absolute Gasteiger partial charge is 0.269 e. The van der Waals surface area contributed by atoms with Crippen molar-refractivity contribution < 1.29 is 10.0 Å². The SMILES string of the molecule is Cc1ccc(O)c(CNc2ccc([N+](=O)[O-])cc2C)c1. The lowest BCUT2D eigenvalue weighted by Crippen LogP contribution is -2.02. The van der Waals surface area contributed by atoms with Gasteiger partial charge < -0.3 is 10.4 Å². The average molecular weight is 272 g/mol. The second-order valence-electron chi connectivity index (χ2n) is 4.74. The van der Waals surface area contributed by atoms with Gasteiger partial charge in [-0.25, -0.2) is 0 Å². The summed E-state index contributed by atoms with van der Waals surface area (Å²) in [5.74, 6) is 0.239. The molecular weight excluding hydrogens is 256 g/mol. The molecule has 0 aromatic heterocycles. The normalized spacial score (nSPS) is 10.3. The molecule has 20 heavy (non-hydrogen) atoms. The number of nitrogens with one attached hydrogen (secondary N) is 1. The van der Waals surface area contributed by atoms with E-state index in [2.05, 4.69) is 5.32 Å². The van der Waals surface area contributed by atoms with Crippen LogP contribution < -0.4 is 5.32 Å².